The Hall–Kier alpha value is -1.96. The van der Waals surface area contributed by atoms with E-state index in [1.807, 2.05) is 4.90 Å². The number of hydrogen-bond acceptors (Lipinski definition) is 6. The van der Waals surface area contributed by atoms with Crippen molar-refractivity contribution in [1.29, 1.82) is 0 Å². The number of carbonyl (C=O) groups is 1. The molecule has 2 heterocycles. The van der Waals surface area contributed by atoms with Gasteiger partial charge in [-0.1, -0.05) is 0 Å². The molecule has 0 aliphatic carbocycles. The minimum absolute atomic E-state index is 0.0462. The van der Waals surface area contributed by atoms with Crippen LogP contribution in [0.15, 0.2) is 12.1 Å². The molecule has 3 rings (SSSR count). The molecule has 1 amide bonds. The SMILES string of the molecule is COc1cc2c(cc1OC)N1CCS(=O)(=O)CC1C(=O)N2. The van der Waals surface area contributed by atoms with Crippen molar-refractivity contribution in [1.82, 2.24) is 0 Å². The average molecular weight is 312 g/mol. The lowest BCUT2D eigenvalue weighted by Crippen LogP contribution is -2.56. The van der Waals surface area contributed by atoms with Crippen molar-refractivity contribution in [3.05, 3.63) is 12.1 Å². The van der Waals surface area contributed by atoms with Gasteiger partial charge in [0.1, 0.15) is 6.04 Å². The Morgan fingerprint density at radius 2 is 1.90 bits per heavy atom. The Balaban J connectivity index is 2.08. The van der Waals surface area contributed by atoms with Gasteiger partial charge in [0.2, 0.25) is 5.91 Å². The summed E-state index contributed by atoms with van der Waals surface area (Å²) in [6.07, 6.45) is 0. The summed E-state index contributed by atoms with van der Waals surface area (Å²) in [6, 6.07) is 2.76. The average Bonchev–Trinajstić information content (AvgIpc) is 2.45. The molecule has 0 saturated carbocycles. The standard InChI is InChI=1S/C13H16N2O5S/c1-19-11-5-8-9(6-12(11)20-2)15-3-4-21(17,18)7-10(15)13(16)14-8/h5-6,10H,3-4,7H2,1-2H3,(H,14,16). The number of nitrogens with zero attached hydrogens (tertiary/aromatic N) is 1. The van der Waals surface area contributed by atoms with E-state index in [9.17, 15) is 13.2 Å². The molecule has 1 fully saturated rings. The molecule has 0 radical (unpaired) electrons. The van der Waals surface area contributed by atoms with Crippen LogP contribution in [0.1, 0.15) is 0 Å². The molecule has 2 aliphatic rings. The molecule has 114 valence electrons. The van der Waals surface area contributed by atoms with Crippen LogP contribution in [0.4, 0.5) is 11.4 Å². The fraction of sp³-hybridized carbons (Fsp3) is 0.462. The molecule has 1 unspecified atom stereocenters. The van der Waals surface area contributed by atoms with E-state index in [2.05, 4.69) is 5.32 Å². The monoisotopic (exact) mass is 312 g/mol. The Morgan fingerprint density at radius 3 is 2.57 bits per heavy atom. The summed E-state index contributed by atoms with van der Waals surface area (Å²) in [5, 5.41) is 2.74. The van der Waals surface area contributed by atoms with Crippen molar-refractivity contribution in [2.24, 2.45) is 0 Å². The number of fused-ring (bicyclic) bond motifs is 3. The second-order valence-corrected chi connectivity index (χ2v) is 7.27. The first-order valence-corrected chi connectivity index (χ1v) is 8.31. The Labute approximate surface area is 122 Å². The Bertz CT molecular complexity index is 701. The molecule has 7 nitrogen and oxygen atoms in total. The number of sulfone groups is 1. The molecule has 0 spiro atoms. The quantitative estimate of drug-likeness (QED) is 0.843. The van der Waals surface area contributed by atoms with Gasteiger partial charge in [0.15, 0.2) is 21.3 Å². The van der Waals surface area contributed by atoms with Gasteiger partial charge < -0.3 is 19.7 Å². The van der Waals surface area contributed by atoms with Gasteiger partial charge in [-0.15, -0.1) is 0 Å². The van der Waals surface area contributed by atoms with Gasteiger partial charge in [0.25, 0.3) is 0 Å². The highest BCUT2D eigenvalue weighted by Crippen LogP contribution is 2.42. The molecular formula is C13H16N2O5S. The fourth-order valence-electron chi connectivity index (χ4n) is 2.73. The Kier molecular flexibility index (Phi) is 3.20. The third-order valence-electron chi connectivity index (χ3n) is 3.80. The largest absolute Gasteiger partial charge is 0.493 e. The van der Waals surface area contributed by atoms with Gasteiger partial charge in [-0.3, -0.25) is 4.79 Å². The Morgan fingerprint density at radius 1 is 1.24 bits per heavy atom. The van der Waals surface area contributed by atoms with E-state index in [0.717, 1.165) is 5.69 Å². The number of amides is 1. The van der Waals surface area contributed by atoms with Crippen molar-refractivity contribution in [2.75, 3.05) is 42.5 Å². The maximum atomic E-state index is 12.1. The van der Waals surface area contributed by atoms with E-state index in [0.29, 0.717) is 23.7 Å². The van der Waals surface area contributed by atoms with E-state index in [1.54, 1.807) is 12.1 Å². The van der Waals surface area contributed by atoms with Crippen molar-refractivity contribution in [3.63, 3.8) is 0 Å². The summed E-state index contributed by atoms with van der Waals surface area (Å²) in [6.45, 7) is 0.295. The fourth-order valence-corrected chi connectivity index (χ4v) is 4.19. The third kappa shape index (κ3) is 2.29. The molecule has 1 aromatic carbocycles. The maximum absolute atomic E-state index is 12.1. The predicted molar refractivity (Wildman–Crippen MR) is 78.0 cm³/mol. The minimum atomic E-state index is -3.18. The lowest BCUT2D eigenvalue weighted by Gasteiger charge is -2.40. The van der Waals surface area contributed by atoms with Gasteiger partial charge in [0.05, 0.1) is 37.1 Å². The number of ether oxygens (including phenoxy) is 2. The van der Waals surface area contributed by atoms with Gasteiger partial charge in [0, 0.05) is 18.7 Å². The van der Waals surface area contributed by atoms with Crippen LogP contribution in [0.2, 0.25) is 0 Å². The smallest absolute Gasteiger partial charge is 0.248 e. The van der Waals surface area contributed by atoms with Crippen LogP contribution in [-0.2, 0) is 14.6 Å². The highest BCUT2D eigenvalue weighted by Gasteiger charge is 2.40. The zero-order chi connectivity index (χ0) is 15.2. The van der Waals surface area contributed by atoms with Crippen LogP contribution in [0.5, 0.6) is 11.5 Å². The molecule has 8 heteroatoms. The lowest BCUT2D eigenvalue weighted by atomic mass is 10.1. The zero-order valence-electron chi connectivity index (χ0n) is 11.8. The molecule has 1 aromatic rings. The first kappa shape index (κ1) is 14.0. The van der Waals surface area contributed by atoms with Gasteiger partial charge in [-0.25, -0.2) is 8.42 Å². The second kappa shape index (κ2) is 4.80. The first-order chi connectivity index (χ1) is 9.95. The van der Waals surface area contributed by atoms with Crippen LogP contribution >= 0.6 is 0 Å². The van der Waals surface area contributed by atoms with E-state index >= 15 is 0 Å². The number of anilines is 2. The van der Waals surface area contributed by atoms with Crippen molar-refractivity contribution in [3.8, 4) is 11.5 Å². The molecule has 2 aliphatic heterocycles. The van der Waals surface area contributed by atoms with E-state index in [1.165, 1.54) is 14.2 Å². The van der Waals surface area contributed by atoms with Gasteiger partial charge in [-0.2, -0.15) is 0 Å². The summed E-state index contributed by atoms with van der Waals surface area (Å²) in [4.78, 5) is 14.0. The highest BCUT2D eigenvalue weighted by molar-refractivity contribution is 7.91. The number of rotatable bonds is 2. The highest BCUT2D eigenvalue weighted by atomic mass is 32.2. The maximum Gasteiger partial charge on any atom is 0.248 e. The zero-order valence-corrected chi connectivity index (χ0v) is 12.6. The van der Waals surface area contributed by atoms with E-state index < -0.39 is 15.9 Å². The minimum Gasteiger partial charge on any atom is -0.493 e. The van der Waals surface area contributed by atoms with E-state index in [-0.39, 0.29) is 17.4 Å². The van der Waals surface area contributed by atoms with Crippen LogP contribution in [0, 0.1) is 0 Å². The van der Waals surface area contributed by atoms with Crippen LogP contribution < -0.4 is 19.7 Å². The summed E-state index contributed by atoms with van der Waals surface area (Å²) in [5.74, 6) is 0.634. The normalized spacial score (nSPS) is 22.9. The summed E-state index contributed by atoms with van der Waals surface area (Å²) in [7, 11) is -0.125. The summed E-state index contributed by atoms with van der Waals surface area (Å²) in [5.41, 5.74) is 1.36. The molecule has 1 N–H and O–H groups in total. The molecule has 0 aromatic heterocycles. The molecular weight excluding hydrogens is 296 g/mol. The topological polar surface area (TPSA) is 84.9 Å². The molecule has 21 heavy (non-hydrogen) atoms. The van der Waals surface area contributed by atoms with E-state index in [4.69, 9.17) is 9.47 Å². The number of nitrogens with one attached hydrogen (secondary N) is 1. The number of hydrogen-bond donors (Lipinski definition) is 1. The van der Waals surface area contributed by atoms with Crippen LogP contribution in [0.3, 0.4) is 0 Å². The van der Waals surface area contributed by atoms with Crippen molar-refractivity contribution in [2.45, 2.75) is 6.04 Å². The first-order valence-electron chi connectivity index (χ1n) is 6.49. The summed E-state index contributed by atoms with van der Waals surface area (Å²) >= 11 is 0. The molecule has 1 saturated heterocycles. The van der Waals surface area contributed by atoms with Crippen LogP contribution in [0.25, 0.3) is 0 Å². The van der Waals surface area contributed by atoms with Crippen LogP contribution in [-0.4, -0.2) is 52.6 Å². The number of benzene rings is 1. The van der Waals surface area contributed by atoms with Crippen molar-refractivity contribution < 1.29 is 22.7 Å². The number of methoxy groups -OCH3 is 2. The molecule has 0 bridgehead atoms. The number of carbonyl (C=O) groups excluding carboxylic acids is 1. The van der Waals surface area contributed by atoms with Gasteiger partial charge in [-0.05, 0) is 0 Å². The van der Waals surface area contributed by atoms with Crippen molar-refractivity contribution >= 4 is 27.1 Å². The summed E-state index contributed by atoms with van der Waals surface area (Å²) < 4.78 is 34.0. The van der Waals surface area contributed by atoms with Gasteiger partial charge >= 0.3 is 0 Å². The second-order valence-electron chi connectivity index (χ2n) is 5.04. The lowest BCUT2D eigenvalue weighted by molar-refractivity contribution is -0.117. The predicted octanol–water partition coefficient (Wildman–Crippen LogP) is 0.259. The third-order valence-corrected chi connectivity index (χ3v) is 5.43. The molecule has 1 atom stereocenters.